The van der Waals surface area contributed by atoms with Gasteiger partial charge in [0.05, 0.1) is 0 Å². The number of Topliss-reactive ketones (excluding diaryl/α,β-unsaturated/α-hetero) is 1. The molecule has 0 amide bonds. The number of hydrogen-bond donors (Lipinski definition) is 0. The lowest BCUT2D eigenvalue weighted by atomic mass is 9.75. The Morgan fingerprint density at radius 2 is 2.17 bits per heavy atom. The number of rotatable bonds is 1. The Morgan fingerprint density at radius 1 is 1.58 bits per heavy atom. The smallest absolute Gasteiger partial charge is 0.169 e. The fourth-order valence-electron chi connectivity index (χ4n) is 1.72. The molecule has 1 fully saturated rings. The SMILES string of the molecule is CC(C)[C@@H]1CC[C@@](C)(F)C(=O)C1. The quantitative estimate of drug-likeness (QED) is 0.594. The van der Waals surface area contributed by atoms with E-state index in [1.165, 1.54) is 6.92 Å². The number of ketones is 1. The van der Waals surface area contributed by atoms with Crippen LogP contribution in [0.5, 0.6) is 0 Å². The molecule has 1 aliphatic carbocycles. The summed E-state index contributed by atoms with van der Waals surface area (Å²) in [4.78, 5) is 11.3. The van der Waals surface area contributed by atoms with Crippen molar-refractivity contribution in [1.29, 1.82) is 0 Å². The van der Waals surface area contributed by atoms with Crippen LogP contribution in [0, 0.1) is 11.8 Å². The Bertz CT molecular complexity index is 184. The summed E-state index contributed by atoms with van der Waals surface area (Å²) >= 11 is 0. The van der Waals surface area contributed by atoms with Gasteiger partial charge in [-0.2, -0.15) is 0 Å². The van der Waals surface area contributed by atoms with Gasteiger partial charge in [0.1, 0.15) is 0 Å². The highest BCUT2D eigenvalue weighted by atomic mass is 19.1. The zero-order valence-corrected chi connectivity index (χ0v) is 8.06. The third kappa shape index (κ3) is 1.85. The van der Waals surface area contributed by atoms with Crippen molar-refractivity contribution in [2.75, 3.05) is 0 Å². The van der Waals surface area contributed by atoms with Gasteiger partial charge in [0.25, 0.3) is 0 Å². The molecule has 70 valence electrons. The normalized spacial score (nSPS) is 37.4. The predicted molar refractivity (Wildman–Crippen MR) is 46.7 cm³/mol. The molecule has 0 unspecified atom stereocenters. The molecular weight excluding hydrogens is 155 g/mol. The van der Waals surface area contributed by atoms with E-state index in [0.29, 0.717) is 24.7 Å². The van der Waals surface area contributed by atoms with Crippen molar-refractivity contribution in [3.05, 3.63) is 0 Å². The molecule has 12 heavy (non-hydrogen) atoms. The first-order chi connectivity index (χ1) is 5.43. The largest absolute Gasteiger partial charge is 0.296 e. The maximum absolute atomic E-state index is 13.4. The number of alkyl halides is 1. The summed E-state index contributed by atoms with van der Waals surface area (Å²) in [5.74, 6) is 0.707. The zero-order valence-electron chi connectivity index (χ0n) is 8.06. The fourth-order valence-corrected chi connectivity index (χ4v) is 1.72. The standard InChI is InChI=1S/C10H17FO/c1-7(2)8-4-5-10(3,11)9(12)6-8/h7-8H,4-6H2,1-3H3/t8-,10-/m1/s1. The lowest BCUT2D eigenvalue weighted by molar-refractivity contribution is -0.134. The maximum Gasteiger partial charge on any atom is 0.169 e. The van der Waals surface area contributed by atoms with Crippen molar-refractivity contribution >= 4 is 5.78 Å². The monoisotopic (exact) mass is 172 g/mol. The second kappa shape index (κ2) is 3.15. The number of halogens is 1. The molecule has 1 saturated carbocycles. The molecule has 0 radical (unpaired) electrons. The first-order valence-corrected chi connectivity index (χ1v) is 4.65. The summed E-state index contributed by atoms with van der Waals surface area (Å²) in [7, 11) is 0. The topological polar surface area (TPSA) is 17.1 Å². The summed E-state index contributed by atoms with van der Waals surface area (Å²) in [5, 5.41) is 0. The summed E-state index contributed by atoms with van der Waals surface area (Å²) in [6.45, 7) is 5.60. The molecule has 0 aliphatic heterocycles. The Balaban J connectivity index is 2.58. The van der Waals surface area contributed by atoms with Gasteiger partial charge in [-0.25, -0.2) is 4.39 Å². The second-order valence-electron chi connectivity index (χ2n) is 4.37. The third-order valence-corrected chi connectivity index (χ3v) is 2.96. The zero-order chi connectivity index (χ0) is 9.35. The first-order valence-electron chi connectivity index (χ1n) is 4.65. The average molecular weight is 172 g/mol. The molecule has 0 N–H and O–H groups in total. The van der Waals surface area contributed by atoms with E-state index in [1.807, 2.05) is 0 Å². The lowest BCUT2D eigenvalue weighted by Gasteiger charge is -2.31. The Hall–Kier alpha value is -0.400. The van der Waals surface area contributed by atoms with Crippen LogP contribution in [-0.4, -0.2) is 11.5 Å². The van der Waals surface area contributed by atoms with Crippen molar-refractivity contribution in [2.24, 2.45) is 11.8 Å². The molecule has 1 aliphatic rings. The molecule has 0 heterocycles. The van der Waals surface area contributed by atoms with Crippen LogP contribution in [0.4, 0.5) is 4.39 Å². The van der Waals surface area contributed by atoms with Crippen LogP contribution in [0.2, 0.25) is 0 Å². The van der Waals surface area contributed by atoms with Gasteiger partial charge in [0, 0.05) is 6.42 Å². The van der Waals surface area contributed by atoms with Gasteiger partial charge in [-0.1, -0.05) is 13.8 Å². The summed E-state index contributed by atoms with van der Waals surface area (Å²) in [6.07, 6.45) is 1.70. The molecule has 1 nitrogen and oxygen atoms in total. The lowest BCUT2D eigenvalue weighted by Crippen LogP contribution is -2.38. The van der Waals surface area contributed by atoms with E-state index in [0.717, 1.165) is 6.42 Å². The van der Waals surface area contributed by atoms with Crippen LogP contribution < -0.4 is 0 Å². The molecule has 0 bridgehead atoms. The fraction of sp³-hybridized carbons (Fsp3) is 0.900. The molecule has 0 aromatic rings. The van der Waals surface area contributed by atoms with Crippen LogP contribution >= 0.6 is 0 Å². The van der Waals surface area contributed by atoms with E-state index in [2.05, 4.69) is 13.8 Å². The van der Waals surface area contributed by atoms with Gasteiger partial charge >= 0.3 is 0 Å². The summed E-state index contributed by atoms with van der Waals surface area (Å²) < 4.78 is 13.4. The molecule has 0 aromatic heterocycles. The van der Waals surface area contributed by atoms with E-state index in [9.17, 15) is 9.18 Å². The van der Waals surface area contributed by atoms with Crippen molar-refractivity contribution < 1.29 is 9.18 Å². The second-order valence-corrected chi connectivity index (χ2v) is 4.37. The van der Waals surface area contributed by atoms with E-state index in [4.69, 9.17) is 0 Å². The highest BCUT2D eigenvalue weighted by Crippen LogP contribution is 2.35. The minimum Gasteiger partial charge on any atom is -0.296 e. The summed E-state index contributed by atoms with van der Waals surface area (Å²) in [6, 6.07) is 0. The Morgan fingerprint density at radius 3 is 2.58 bits per heavy atom. The van der Waals surface area contributed by atoms with Crippen LogP contribution in [0.25, 0.3) is 0 Å². The third-order valence-electron chi connectivity index (χ3n) is 2.96. The number of carbonyl (C=O) groups is 1. The molecule has 2 atom stereocenters. The first kappa shape index (κ1) is 9.69. The minimum absolute atomic E-state index is 0.201. The highest BCUT2D eigenvalue weighted by Gasteiger charge is 2.39. The highest BCUT2D eigenvalue weighted by molar-refractivity contribution is 5.87. The summed E-state index contributed by atoms with van der Waals surface area (Å²) in [5.41, 5.74) is -1.54. The number of carbonyl (C=O) groups excluding carboxylic acids is 1. The van der Waals surface area contributed by atoms with E-state index < -0.39 is 5.67 Å². The Kier molecular flexibility index (Phi) is 2.55. The molecule has 0 saturated heterocycles. The van der Waals surface area contributed by atoms with Gasteiger partial charge in [-0.05, 0) is 31.6 Å². The average Bonchev–Trinajstić information content (AvgIpc) is 1.94. The maximum atomic E-state index is 13.4. The van der Waals surface area contributed by atoms with Gasteiger partial charge in [0.2, 0.25) is 0 Å². The predicted octanol–water partition coefficient (Wildman–Crippen LogP) is 2.74. The van der Waals surface area contributed by atoms with Gasteiger partial charge < -0.3 is 0 Å². The molecule has 0 aromatic carbocycles. The van der Waals surface area contributed by atoms with Crippen molar-refractivity contribution in [1.82, 2.24) is 0 Å². The van der Waals surface area contributed by atoms with Crippen LogP contribution in [0.1, 0.15) is 40.0 Å². The van der Waals surface area contributed by atoms with E-state index >= 15 is 0 Å². The minimum atomic E-state index is -1.54. The van der Waals surface area contributed by atoms with Gasteiger partial charge in [0.15, 0.2) is 11.5 Å². The van der Waals surface area contributed by atoms with Crippen LogP contribution in [0.15, 0.2) is 0 Å². The van der Waals surface area contributed by atoms with Gasteiger partial charge in [-0.3, -0.25) is 4.79 Å². The molecule has 1 rings (SSSR count). The van der Waals surface area contributed by atoms with E-state index in [-0.39, 0.29) is 5.78 Å². The number of hydrogen-bond acceptors (Lipinski definition) is 1. The molecular formula is C10H17FO. The van der Waals surface area contributed by atoms with Gasteiger partial charge in [-0.15, -0.1) is 0 Å². The van der Waals surface area contributed by atoms with Crippen molar-refractivity contribution in [2.45, 2.75) is 45.7 Å². The van der Waals surface area contributed by atoms with E-state index in [1.54, 1.807) is 0 Å². The molecule has 0 spiro atoms. The molecule has 2 heteroatoms. The van der Waals surface area contributed by atoms with Crippen molar-refractivity contribution in [3.63, 3.8) is 0 Å². The van der Waals surface area contributed by atoms with Crippen LogP contribution in [0.3, 0.4) is 0 Å². The van der Waals surface area contributed by atoms with Crippen molar-refractivity contribution in [3.8, 4) is 0 Å². The Labute approximate surface area is 73.3 Å². The van der Waals surface area contributed by atoms with Crippen LogP contribution in [-0.2, 0) is 4.79 Å².